The van der Waals surface area contributed by atoms with Crippen molar-refractivity contribution >= 4 is 23.1 Å². The molecule has 0 atom stereocenters. The number of nitrogens with zero attached hydrogens (tertiary/aromatic N) is 6. The Morgan fingerprint density at radius 3 is 2.96 bits per heavy atom. The molecule has 3 aromatic rings. The first kappa shape index (κ1) is 15.9. The van der Waals surface area contributed by atoms with E-state index in [2.05, 4.69) is 30.7 Å². The van der Waals surface area contributed by atoms with Crippen LogP contribution in [-0.4, -0.2) is 35.7 Å². The van der Waals surface area contributed by atoms with Crippen molar-refractivity contribution in [3.05, 3.63) is 58.8 Å². The molecule has 10 heteroatoms. The second-order valence-electron chi connectivity index (χ2n) is 6.02. The van der Waals surface area contributed by atoms with Crippen LogP contribution >= 0.6 is 0 Å². The standard InChI is InChI=1S/C16H16N8O2/c25-24(26)14-7-18-16(22-15(14)20-12-4-5-12)21-13-3-1-2-11(6-13)8-23-10-17-9-19-23/h1-3,6-7,9-10,12H,4-5,8H2,(H2,18,20,21,22). The highest BCUT2D eigenvalue weighted by Gasteiger charge is 2.26. The van der Waals surface area contributed by atoms with Crippen LogP contribution < -0.4 is 10.6 Å². The second-order valence-corrected chi connectivity index (χ2v) is 6.02. The van der Waals surface area contributed by atoms with E-state index in [0.717, 1.165) is 24.1 Å². The maximum Gasteiger partial charge on any atom is 0.329 e. The molecule has 1 saturated carbocycles. The van der Waals surface area contributed by atoms with Crippen LogP contribution in [0.15, 0.2) is 43.1 Å². The van der Waals surface area contributed by atoms with E-state index in [0.29, 0.717) is 12.5 Å². The lowest BCUT2D eigenvalue weighted by molar-refractivity contribution is -0.384. The number of benzene rings is 1. The molecule has 1 aliphatic carbocycles. The molecular weight excluding hydrogens is 336 g/mol. The first-order chi connectivity index (χ1) is 12.7. The van der Waals surface area contributed by atoms with Crippen molar-refractivity contribution in [1.29, 1.82) is 0 Å². The molecule has 4 rings (SSSR count). The molecule has 0 radical (unpaired) electrons. The maximum absolute atomic E-state index is 11.1. The molecule has 0 bridgehead atoms. The van der Waals surface area contributed by atoms with E-state index in [1.807, 2.05) is 24.3 Å². The SMILES string of the molecule is O=[N+]([O-])c1cnc(Nc2cccc(Cn3cncn3)c2)nc1NC1CC1. The van der Waals surface area contributed by atoms with Gasteiger partial charge in [0.15, 0.2) is 0 Å². The third kappa shape index (κ3) is 3.74. The number of rotatable bonds is 7. The van der Waals surface area contributed by atoms with Crippen LogP contribution in [0.25, 0.3) is 0 Å². The van der Waals surface area contributed by atoms with Crippen molar-refractivity contribution in [1.82, 2.24) is 24.7 Å². The van der Waals surface area contributed by atoms with Crippen molar-refractivity contribution in [2.45, 2.75) is 25.4 Å². The highest BCUT2D eigenvalue weighted by Crippen LogP contribution is 2.30. The molecule has 0 saturated heterocycles. The molecule has 0 amide bonds. The van der Waals surface area contributed by atoms with Gasteiger partial charge in [0.1, 0.15) is 18.9 Å². The quantitative estimate of drug-likeness (QED) is 0.490. The zero-order chi connectivity index (χ0) is 17.9. The van der Waals surface area contributed by atoms with Crippen molar-refractivity contribution in [3.63, 3.8) is 0 Å². The monoisotopic (exact) mass is 352 g/mol. The lowest BCUT2D eigenvalue weighted by Crippen LogP contribution is -2.09. The van der Waals surface area contributed by atoms with Gasteiger partial charge in [0, 0.05) is 11.7 Å². The molecule has 2 aromatic heterocycles. The van der Waals surface area contributed by atoms with Gasteiger partial charge in [0.25, 0.3) is 0 Å². The van der Waals surface area contributed by atoms with Crippen molar-refractivity contribution in [3.8, 4) is 0 Å². The summed E-state index contributed by atoms with van der Waals surface area (Å²) in [6, 6.07) is 7.96. The number of anilines is 3. The molecule has 0 unspecified atom stereocenters. The van der Waals surface area contributed by atoms with Crippen molar-refractivity contribution < 1.29 is 4.92 Å². The Labute approximate surface area is 148 Å². The van der Waals surface area contributed by atoms with E-state index in [1.165, 1.54) is 12.5 Å². The summed E-state index contributed by atoms with van der Waals surface area (Å²) >= 11 is 0. The number of nitro groups is 1. The molecule has 0 spiro atoms. The fraction of sp³-hybridized carbons (Fsp3) is 0.250. The van der Waals surface area contributed by atoms with Gasteiger partial charge in [-0.2, -0.15) is 10.1 Å². The Bertz CT molecular complexity index is 924. The predicted molar refractivity (Wildman–Crippen MR) is 94.2 cm³/mol. The van der Waals surface area contributed by atoms with Crippen molar-refractivity contribution in [2.75, 3.05) is 10.6 Å². The topological polar surface area (TPSA) is 124 Å². The van der Waals surface area contributed by atoms with Crippen LogP contribution in [0.1, 0.15) is 18.4 Å². The molecule has 2 heterocycles. The van der Waals surface area contributed by atoms with Crippen LogP contribution in [0, 0.1) is 10.1 Å². The Kier molecular flexibility index (Phi) is 4.14. The smallest absolute Gasteiger partial charge is 0.329 e. The molecule has 26 heavy (non-hydrogen) atoms. The molecule has 132 valence electrons. The van der Waals surface area contributed by atoms with Gasteiger partial charge in [-0.1, -0.05) is 12.1 Å². The third-order valence-electron chi connectivity index (χ3n) is 3.88. The van der Waals surface area contributed by atoms with Gasteiger partial charge >= 0.3 is 5.69 Å². The highest BCUT2D eigenvalue weighted by atomic mass is 16.6. The van der Waals surface area contributed by atoms with Crippen LogP contribution in [0.3, 0.4) is 0 Å². The normalized spacial score (nSPS) is 13.4. The van der Waals surface area contributed by atoms with E-state index in [1.54, 1.807) is 11.0 Å². The minimum absolute atomic E-state index is 0.123. The van der Waals surface area contributed by atoms with E-state index in [-0.39, 0.29) is 17.5 Å². The minimum atomic E-state index is -0.479. The molecule has 10 nitrogen and oxygen atoms in total. The first-order valence-electron chi connectivity index (χ1n) is 8.14. The third-order valence-corrected chi connectivity index (χ3v) is 3.88. The van der Waals surface area contributed by atoms with Gasteiger partial charge in [0.05, 0.1) is 11.5 Å². The highest BCUT2D eigenvalue weighted by molar-refractivity contribution is 5.61. The fourth-order valence-electron chi connectivity index (χ4n) is 2.47. The van der Waals surface area contributed by atoms with Gasteiger partial charge in [-0.15, -0.1) is 0 Å². The summed E-state index contributed by atoms with van der Waals surface area (Å²) in [7, 11) is 0. The van der Waals surface area contributed by atoms with Crippen LogP contribution in [0.4, 0.5) is 23.1 Å². The number of hydrogen-bond acceptors (Lipinski definition) is 8. The van der Waals surface area contributed by atoms with E-state index >= 15 is 0 Å². The number of aromatic nitrogens is 5. The van der Waals surface area contributed by atoms with E-state index < -0.39 is 4.92 Å². The molecule has 0 aliphatic heterocycles. The molecule has 1 fully saturated rings. The summed E-state index contributed by atoms with van der Waals surface area (Å²) in [6.45, 7) is 0.588. The summed E-state index contributed by atoms with van der Waals surface area (Å²) in [6.07, 6.45) is 6.35. The van der Waals surface area contributed by atoms with Gasteiger partial charge in [-0.05, 0) is 30.5 Å². The first-order valence-corrected chi connectivity index (χ1v) is 8.14. The molecule has 1 aliphatic rings. The van der Waals surface area contributed by atoms with Gasteiger partial charge < -0.3 is 10.6 Å². The van der Waals surface area contributed by atoms with Crippen LogP contribution in [-0.2, 0) is 6.54 Å². The van der Waals surface area contributed by atoms with Crippen LogP contribution in [0.2, 0.25) is 0 Å². The van der Waals surface area contributed by atoms with Gasteiger partial charge in [-0.3, -0.25) is 10.1 Å². The van der Waals surface area contributed by atoms with E-state index in [9.17, 15) is 10.1 Å². The lowest BCUT2D eigenvalue weighted by Gasteiger charge is -2.09. The maximum atomic E-state index is 11.1. The largest absolute Gasteiger partial charge is 0.361 e. The van der Waals surface area contributed by atoms with E-state index in [4.69, 9.17) is 0 Å². The summed E-state index contributed by atoms with van der Waals surface area (Å²) in [5.74, 6) is 0.547. The lowest BCUT2D eigenvalue weighted by atomic mass is 10.2. The predicted octanol–water partition coefficient (Wildman–Crippen LogP) is 2.34. The minimum Gasteiger partial charge on any atom is -0.361 e. The summed E-state index contributed by atoms with van der Waals surface area (Å²) in [5.41, 5.74) is 1.69. The zero-order valence-electron chi connectivity index (χ0n) is 13.7. The van der Waals surface area contributed by atoms with Crippen molar-refractivity contribution in [2.24, 2.45) is 0 Å². The Morgan fingerprint density at radius 1 is 1.35 bits per heavy atom. The Hall–Kier alpha value is -3.56. The average molecular weight is 352 g/mol. The second kappa shape index (κ2) is 6.75. The molecule has 2 N–H and O–H groups in total. The summed E-state index contributed by atoms with van der Waals surface area (Å²) in [5, 5.41) is 21.4. The Morgan fingerprint density at radius 2 is 2.23 bits per heavy atom. The number of nitrogens with one attached hydrogen (secondary N) is 2. The van der Waals surface area contributed by atoms with Gasteiger partial charge in [-0.25, -0.2) is 14.6 Å². The summed E-state index contributed by atoms with van der Waals surface area (Å²) < 4.78 is 1.72. The fourth-order valence-corrected chi connectivity index (χ4v) is 2.47. The summed E-state index contributed by atoms with van der Waals surface area (Å²) in [4.78, 5) is 22.9. The Balaban J connectivity index is 1.53. The molecular formula is C16H16N8O2. The average Bonchev–Trinajstić information content (AvgIpc) is 3.28. The van der Waals surface area contributed by atoms with Gasteiger partial charge in [0.2, 0.25) is 11.8 Å². The van der Waals surface area contributed by atoms with Crippen LogP contribution in [0.5, 0.6) is 0 Å². The number of hydrogen-bond donors (Lipinski definition) is 2. The molecule has 1 aromatic carbocycles. The zero-order valence-corrected chi connectivity index (χ0v) is 13.7.